The molecule has 12 rings (SSSR count). The van der Waals surface area contributed by atoms with Crippen LogP contribution in [0.3, 0.4) is 0 Å². The Morgan fingerprint density at radius 1 is 0.417 bits per heavy atom. The largest absolute Gasteiger partial charge is 0.309 e. The average Bonchev–Trinajstić information content (AvgIpc) is 3.82. The molecular weight excluding hydrogens is 731 g/mol. The highest BCUT2D eigenvalue weighted by Gasteiger charge is 2.22. The van der Waals surface area contributed by atoms with Crippen molar-refractivity contribution in [2.75, 3.05) is 0 Å². The molecule has 4 aromatic heterocycles. The number of hydrogen-bond donors (Lipinski definition) is 0. The minimum Gasteiger partial charge on any atom is -0.309 e. The molecule has 0 N–H and O–H groups in total. The van der Waals surface area contributed by atoms with Crippen molar-refractivity contribution in [3.63, 3.8) is 0 Å². The van der Waals surface area contributed by atoms with Gasteiger partial charge >= 0.3 is 0 Å². The molecule has 0 bridgehead atoms. The van der Waals surface area contributed by atoms with Crippen LogP contribution in [0.5, 0.6) is 0 Å². The van der Waals surface area contributed by atoms with Gasteiger partial charge in [0.25, 0.3) is 0 Å². The molecule has 0 saturated heterocycles. The maximum atomic E-state index is 5.31. The monoisotopic (exact) mass is 767 g/mol. The van der Waals surface area contributed by atoms with Crippen LogP contribution < -0.4 is 0 Å². The summed E-state index contributed by atoms with van der Waals surface area (Å²) >= 11 is 0. The van der Waals surface area contributed by atoms with Gasteiger partial charge in [0.15, 0.2) is 5.82 Å². The molecule has 8 aromatic carbocycles. The lowest BCUT2D eigenvalue weighted by atomic mass is 9.96. The molecule has 5 heteroatoms. The van der Waals surface area contributed by atoms with Gasteiger partial charge in [0, 0.05) is 55.4 Å². The first-order valence-electron chi connectivity index (χ1n) is 20.6. The summed E-state index contributed by atoms with van der Waals surface area (Å²) in [5.74, 6) is 1.62. The van der Waals surface area contributed by atoms with Gasteiger partial charge in [0.05, 0.1) is 39.1 Å². The van der Waals surface area contributed by atoms with Crippen molar-refractivity contribution in [2.45, 2.75) is 13.3 Å². The number of nitrogens with zero attached hydrogens (tertiary/aromatic N) is 5. The Bertz CT molecular complexity index is 3620. The molecule has 0 aliphatic rings. The van der Waals surface area contributed by atoms with Gasteiger partial charge in [-0.2, -0.15) is 0 Å². The number of hydrogen-bond acceptors (Lipinski definition) is 3. The van der Waals surface area contributed by atoms with Crippen molar-refractivity contribution in [1.29, 1.82) is 0 Å². The molecule has 12 aromatic rings. The van der Waals surface area contributed by atoms with Crippen molar-refractivity contribution in [3.8, 4) is 45.4 Å². The first-order chi connectivity index (χ1) is 29.7. The molecule has 282 valence electrons. The molecule has 60 heavy (non-hydrogen) atoms. The third-order valence-corrected chi connectivity index (χ3v) is 12.1. The molecule has 0 atom stereocenters. The molecule has 0 unspecified atom stereocenters. The number of aromatic nitrogens is 5. The fourth-order valence-corrected chi connectivity index (χ4v) is 9.46. The predicted molar refractivity (Wildman–Crippen MR) is 249 cm³/mol. The number of benzene rings is 8. The van der Waals surface area contributed by atoms with Crippen LogP contribution in [0, 0.1) is 0 Å². The van der Waals surface area contributed by atoms with E-state index in [0.717, 1.165) is 79.3 Å². The fourth-order valence-electron chi connectivity index (χ4n) is 9.46. The highest BCUT2D eigenvalue weighted by Crippen LogP contribution is 2.43. The molecule has 0 radical (unpaired) electrons. The second-order valence-electron chi connectivity index (χ2n) is 15.5. The fraction of sp³-hybridized carbons (Fsp3) is 0.0364. The summed E-state index contributed by atoms with van der Waals surface area (Å²) in [7, 11) is 0. The lowest BCUT2D eigenvalue weighted by molar-refractivity contribution is 1.06. The summed E-state index contributed by atoms with van der Waals surface area (Å²) in [6.07, 6.45) is 2.68. The average molecular weight is 768 g/mol. The van der Waals surface area contributed by atoms with E-state index in [1.54, 1.807) is 0 Å². The zero-order valence-electron chi connectivity index (χ0n) is 32.9. The van der Waals surface area contributed by atoms with Crippen molar-refractivity contribution in [1.82, 2.24) is 24.1 Å². The lowest BCUT2D eigenvalue weighted by Gasteiger charge is -2.17. The number of para-hydroxylation sites is 1. The minimum absolute atomic E-state index is 0.725. The van der Waals surface area contributed by atoms with E-state index in [1.165, 1.54) is 43.2 Å². The summed E-state index contributed by atoms with van der Waals surface area (Å²) < 4.78 is 4.78. The third kappa shape index (κ3) is 5.22. The zero-order valence-corrected chi connectivity index (χ0v) is 32.9. The van der Waals surface area contributed by atoms with E-state index in [2.05, 4.69) is 180 Å². The van der Waals surface area contributed by atoms with Crippen molar-refractivity contribution in [3.05, 3.63) is 200 Å². The lowest BCUT2D eigenvalue weighted by Crippen LogP contribution is -2.03. The van der Waals surface area contributed by atoms with Crippen LogP contribution in [0.4, 0.5) is 0 Å². The second kappa shape index (κ2) is 13.6. The van der Waals surface area contributed by atoms with Gasteiger partial charge in [-0.05, 0) is 71.1 Å². The molecule has 0 aliphatic carbocycles. The molecule has 0 saturated carbocycles. The maximum Gasteiger partial charge on any atom is 0.160 e. The molecule has 0 spiro atoms. The Kier molecular flexibility index (Phi) is 7.75. The maximum absolute atomic E-state index is 5.31. The van der Waals surface area contributed by atoms with E-state index in [1.807, 2.05) is 30.5 Å². The van der Waals surface area contributed by atoms with Crippen LogP contribution >= 0.6 is 0 Å². The Hall–Kier alpha value is -7.89. The quantitative estimate of drug-likeness (QED) is 0.169. The van der Waals surface area contributed by atoms with Crippen LogP contribution in [0.1, 0.15) is 12.5 Å². The molecular formula is C55H37N5. The topological polar surface area (TPSA) is 48.5 Å². The van der Waals surface area contributed by atoms with E-state index in [4.69, 9.17) is 15.0 Å². The summed E-state index contributed by atoms with van der Waals surface area (Å²) in [5.41, 5.74) is 11.9. The predicted octanol–water partition coefficient (Wildman–Crippen LogP) is 13.9. The molecule has 0 amide bonds. The summed E-state index contributed by atoms with van der Waals surface area (Å²) in [5, 5.41) is 9.67. The first-order valence-corrected chi connectivity index (χ1v) is 20.6. The van der Waals surface area contributed by atoms with Crippen molar-refractivity contribution in [2.24, 2.45) is 0 Å². The molecule has 5 nitrogen and oxygen atoms in total. The first kappa shape index (κ1) is 34.2. The van der Waals surface area contributed by atoms with Crippen LogP contribution in [0.2, 0.25) is 0 Å². The van der Waals surface area contributed by atoms with E-state index in [9.17, 15) is 0 Å². The van der Waals surface area contributed by atoms with Crippen LogP contribution in [-0.4, -0.2) is 24.1 Å². The van der Waals surface area contributed by atoms with Crippen LogP contribution in [0.25, 0.3) is 111 Å². The normalized spacial score (nSPS) is 11.8. The summed E-state index contributed by atoms with van der Waals surface area (Å²) in [6, 6.07) is 67.2. The van der Waals surface area contributed by atoms with Gasteiger partial charge in [-0.3, -0.25) is 4.57 Å². The van der Waals surface area contributed by atoms with Gasteiger partial charge in [0.1, 0.15) is 5.82 Å². The molecule has 0 fully saturated rings. The Balaban J connectivity index is 1.11. The highest BCUT2D eigenvalue weighted by atomic mass is 15.1. The number of fused-ring (bicyclic) bond motifs is 9. The van der Waals surface area contributed by atoms with E-state index < -0.39 is 0 Å². The van der Waals surface area contributed by atoms with E-state index in [-0.39, 0.29) is 0 Å². The minimum atomic E-state index is 0.725. The zero-order chi connectivity index (χ0) is 39.7. The van der Waals surface area contributed by atoms with Crippen LogP contribution in [-0.2, 0) is 6.42 Å². The standard InChI is InChI=1S/C55H37N5/c1-2-40-53(36-17-5-3-6-18-36)57-55(37-19-7-4-8-20-37)58-54(40)39-27-29-41-38(32-39)21-15-25-46(41)59-47-24-12-11-23-43(47)44-33-45-50(34-49(44)59)60(51-26-13-14-31-56-51)48-30-28-35-16-9-10-22-42(35)52(45)48/h3-34H,2H2,1H3. The summed E-state index contributed by atoms with van der Waals surface area (Å²) in [4.78, 5) is 15.4. The van der Waals surface area contributed by atoms with Crippen molar-refractivity contribution >= 4 is 65.2 Å². The Labute approximate surface area is 346 Å². The van der Waals surface area contributed by atoms with Gasteiger partial charge < -0.3 is 4.57 Å². The Morgan fingerprint density at radius 2 is 1.12 bits per heavy atom. The van der Waals surface area contributed by atoms with Gasteiger partial charge in [-0.15, -0.1) is 0 Å². The van der Waals surface area contributed by atoms with Gasteiger partial charge in [0.2, 0.25) is 0 Å². The SMILES string of the molecule is CCc1c(-c2ccccc2)nc(-c2ccccc2)nc1-c1ccc2c(-n3c4ccccc4c4cc5c6c7ccccc7ccc6n(-c6ccccn6)c5cc43)cccc2c1. The van der Waals surface area contributed by atoms with Gasteiger partial charge in [-0.25, -0.2) is 15.0 Å². The molecule has 4 heterocycles. The second-order valence-corrected chi connectivity index (χ2v) is 15.5. The van der Waals surface area contributed by atoms with E-state index >= 15 is 0 Å². The Morgan fingerprint density at radius 3 is 1.92 bits per heavy atom. The van der Waals surface area contributed by atoms with Gasteiger partial charge in [-0.1, -0.05) is 146 Å². The highest BCUT2D eigenvalue weighted by molar-refractivity contribution is 6.25. The molecule has 0 aliphatic heterocycles. The number of pyridine rings is 1. The van der Waals surface area contributed by atoms with Crippen LogP contribution in [0.15, 0.2) is 194 Å². The van der Waals surface area contributed by atoms with E-state index in [0.29, 0.717) is 0 Å². The summed E-state index contributed by atoms with van der Waals surface area (Å²) in [6.45, 7) is 2.20. The van der Waals surface area contributed by atoms with Crippen molar-refractivity contribution < 1.29 is 0 Å². The number of rotatable bonds is 6. The smallest absolute Gasteiger partial charge is 0.160 e. The third-order valence-electron chi connectivity index (χ3n) is 12.1.